The predicted molar refractivity (Wildman–Crippen MR) is 92.7 cm³/mol. The number of benzene rings is 2. The van der Waals surface area contributed by atoms with Gasteiger partial charge in [-0.05, 0) is 29.8 Å². The van der Waals surface area contributed by atoms with E-state index in [9.17, 15) is 13.2 Å². The Morgan fingerprint density at radius 3 is 2.19 bits per heavy atom. The largest absolute Gasteiger partial charge is 0.573 e. The fourth-order valence-electron chi connectivity index (χ4n) is 2.20. The second kappa shape index (κ2) is 6.93. The van der Waals surface area contributed by atoms with Gasteiger partial charge in [-0.3, -0.25) is 0 Å². The Kier molecular flexibility index (Phi) is 4.84. The Hall–Kier alpha value is -2.65. The van der Waals surface area contributed by atoms with Crippen LogP contribution in [0.2, 0.25) is 10.0 Å². The van der Waals surface area contributed by atoms with Crippen LogP contribution >= 0.6 is 23.2 Å². The summed E-state index contributed by atoms with van der Waals surface area (Å²) in [6, 6.07) is 8.37. The maximum absolute atomic E-state index is 12.2. The number of anilines is 3. The molecule has 0 aliphatic rings. The van der Waals surface area contributed by atoms with Crippen LogP contribution in [0.5, 0.6) is 5.75 Å². The number of hydrogen-bond acceptors (Lipinski definition) is 5. The third kappa shape index (κ3) is 4.30. The Labute approximate surface area is 155 Å². The van der Waals surface area contributed by atoms with E-state index in [1.54, 1.807) is 12.1 Å². The van der Waals surface area contributed by atoms with Gasteiger partial charge in [-0.15, -0.1) is 18.3 Å². The molecule has 136 valence electrons. The van der Waals surface area contributed by atoms with Crippen molar-refractivity contribution >= 4 is 40.8 Å². The Morgan fingerprint density at radius 1 is 1.08 bits per heavy atom. The molecule has 0 saturated carbocycles. The van der Waals surface area contributed by atoms with E-state index in [4.69, 9.17) is 28.9 Å². The molecule has 26 heavy (non-hydrogen) atoms. The molecular weight excluding hydrogens is 394 g/mol. The van der Waals surface area contributed by atoms with E-state index in [0.717, 1.165) is 0 Å². The first-order valence-corrected chi connectivity index (χ1v) is 7.77. The SMILES string of the molecule is Nc1nc(Nc2cc(Cl)c(-c3ccc(OC(F)(F)F)cc3)c(Cl)c2)n[nH]1. The van der Waals surface area contributed by atoms with E-state index in [2.05, 4.69) is 25.2 Å². The minimum atomic E-state index is -4.76. The Balaban J connectivity index is 1.86. The second-order valence-corrected chi connectivity index (χ2v) is 5.87. The van der Waals surface area contributed by atoms with Crippen LogP contribution in [0.15, 0.2) is 36.4 Å². The van der Waals surface area contributed by atoms with Crippen LogP contribution in [0, 0.1) is 0 Å². The monoisotopic (exact) mass is 403 g/mol. The summed E-state index contributed by atoms with van der Waals surface area (Å²) < 4.78 is 40.5. The maximum atomic E-state index is 12.2. The van der Waals surface area contributed by atoms with E-state index in [0.29, 0.717) is 16.8 Å². The number of nitrogens with one attached hydrogen (secondary N) is 2. The fourth-order valence-corrected chi connectivity index (χ4v) is 2.91. The first-order chi connectivity index (χ1) is 12.2. The highest BCUT2D eigenvalue weighted by molar-refractivity contribution is 6.39. The van der Waals surface area contributed by atoms with Crippen LogP contribution in [-0.4, -0.2) is 21.5 Å². The zero-order valence-corrected chi connectivity index (χ0v) is 14.2. The van der Waals surface area contributed by atoms with Gasteiger partial charge < -0.3 is 15.8 Å². The molecule has 0 radical (unpaired) electrons. The van der Waals surface area contributed by atoms with Crippen LogP contribution in [0.3, 0.4) is 0 Å². The summed E-state index contributed by atoms with van der Waals surface area (Å²) in [6.07, 6.45) is -4.76. The molecule has 6 nitrogen and oxygen atoms in total. The number of rotatable bonds is 4. The van der Waals surface area contributed by atoms with Crippen molar-refractivity contribution in [2.45, 2.75) is 6.36 Å². The molecule has 11 heteroatoms. The Bertz CT molecular complexity index is 905. The summed E-state index contributed by atoms with van der Waals surface area (Å²) in [6.45, 7) is 0. The average Bonchev–Trinajstić information content (AvgIpc) is 2.92. The number of aromatic amines is 1. The molecule has 0 aliphatic carbocycles. The van der Waals surface area contributed by atoms with Gasteiger partial charge in [0, 0.05) is 11.3 Å². The average molecular weight is 404 g/mol. The van der Waals surface area contributed by atoms with Crippen molar-refractivity contribution in [3.05, 3.63) is 46.4 Å². The number of H-pyrrole nitrogens is 1. The summed E-state index contributed by atoms with van der Waals surface area (Å²) in [5.41, 5.74) is 6.95. The van der Waals surface area contributed by atoms with Gasteiger partial charge in [-0.1, -0.05) is 35.3 Å². The highest BCUT2D eigenvalue weighted by Gasteiger charge is 2.31. The van der Waals surface area contributed by atoms with E-state index in [1.807, 2.05) is 0 Å². The lowest BCUT2D eigenvalue weighted by Crippen LogP contribution is -2.16. The number of halogens is 5. The van der Waals surface area contributed by atoms with E-state index < -0.39 is 6.36 Å². The highest BCUT2D eigenvalue weighted by Crippen LogP contribution is 2.38. The van der Waals surface area contributed by atoms with Crippen molar-refractivity contribution in [2.75, 3.05) is 11.1 Å². The molecule has 2 aromatic carbocycles. The first kappa shape index (κ1) is 18.2. The number of nitrogen functional groups attached to an aromatic ring is 1. The summed E-state index contributed by atoms with van der Waals surface area (Å²) in [4.78, 5) is 3.89. The minimum Gasteiger partial charge on any atom is -0.406 e. The molecule has 1 aromatic heterocycles. The molecule has 3 rings (SSSR count). The van der Waals surface area contributed by atoms with Gasteiger partial charge in [0.05, 0.1) is 10.0 Å². The Morgan fingerprint density at radius 2 is 1.69 bits per heavy atom. The van der Waals surface area contributed by atoms with Gasteiger partial charge in [0.2, 0.25) is 11.9 Å². The predicted octanol–water partition coefficient (Wildman–Crippen LogP) is 5.00. The molecule has 1 heterocycles. The molecule has 4 N–H and O–H groups in total. The van der Waals surface area contributed by atoms with Crippen molar-refractivity contribution in [1.29, 1.82) is 0 Å². The number of aromatic nitrogens is 3. The topological polar surface area (TPSA) is 88.8 Å². The van der Waals surface area contributed by atoms with Gasteiger partial charge in [0.25, 0.3) is 0 Å². The van der Waals surface area contributed by atoms with Gasteiger partial charge in [0.15, 0.2) is 0 Å². The third-order valence-corrected chi connectivity index (χ3v) is 3.77. The molecule has 0 spiro atoms. The third-order valence-electron chi connectivity index (χ3n) is 3.18. The fraction of sp³-hybridized carbons (Fsp3) is 0.0667. The maximum Gasteiger partial charge on any atom is 0.573 e. The van der Waals surface area contributed by atoms with Crippen LogP contribution in [-0.2, 0) is 0 Å². The van der Waals surface area contributed by atoms with Crippen LogP contribution < -0.4 is 15.8 Å². The number of ether oxygens (including phenoxy) is 1. The van der Waals surface area contributed by atoms with Crippen LogP contribution in [0.1, 0.15) is 0 Å². The number of nitrogens with two attached hydrogens (primary N) is 1. The molecule has 0 bridgehead atoms. The van der Waals surface area contributed by atoms with Crippen molar-refractivity contribution in [3.8, 4) is 16.9 Å². The van der Waals surface area contributed by atoms with E-state index in [1.165, 1.54) is 24.3 Å². The number of alkyl halides is 3. The van der Waals surface area contributed by atoms with Crippen LogP contribution in [0.4, 0.5) is 30.8 Å². The lowest BCUT2D eigenvalue weighted by molar-refractivity contribution is -0.274. The van der Waals surface area contributed by atoms with Crippen molar-refractivity contribution in [2.24, 2.45) is 0 Å². The van der Waals surface area contributed by atoms with E-state index >= 15 is 0 Å². The van der Waals surface area contributed by atoms with Crippen LogP contribution in [0.25, 0.3) is 11.1 Å². The quantitative estimate of drug-likeness (QED) is 0.570. The zero-order valence-electron chi connectivity index (χ0n) is 12.7. The number of nitrogens with zero attached hydrogens (tertiary/aromatic N) is 2. The highest BCUT2D eigenvalue weighted by atomic mass is 35.5. The molecule has 0 unspecified atom stereocenters. The summed E-state index contributed by atoms with van der Waals surface area (Å²) in [5.74, 6) is 0.0347. The number of hydrogen-bond donors (Lipinski definition) is 3. The normalized spacial score (nSPS) is 11.4. The molecule has 0 atom stereocenters. The molecule has 0 fully saturated rings. The lowest BCUT2D eigenvalue weighted by atomic mass is 10.0. The van der Waals surface area contributed by atoms with Gasteiger partial charge >= 0.3 is 6.36 Å². The van der Waals surface area contributed by atoms with Crippen molar-refractivity contribution in [3.63, 3.8) is 0 Å². The molecule has 3 aromatic rings. The molecular formula is C15H10Cl2F3N5O. The van der Waals surface area contributed by atoms with Crippen molar-refractivity contribution in [1.82, 2.24) is 15.2 Å². The second-order valence-electron chi connectivity index (χ2n) is 5.06. The molecule has 0 amide bonds. The summed E-state index contributed by atoms with van der Waals surface area (Å²) in [7, 11) is 0. The van der Waals surface area contributed by atoms with Gasteiger partial charge in [-0.25, -0.2) is 5.10 Å². The smallest absolute Gasteiger partial charge is 0.406 e. The molecule has 0 aliphatic heterocycles. The summed E-state index contributed by atoms with van der Waals surface area (Å²) in [5, 5.41) is 9.74. The van der Waals surface area contributed by atoms with E-state index in [-0.39, 0.29) is 27.7 Å². The lowest BCUT2D eigenvalue weighted by Gasteiger charge is -2.12. The minimum absolute atomic E-state index is 0.141. The first-order valence-electron chi connectivity index (χ1n) is 7.01. The van der Waals surface area contributed by atoms with Crippen molar-refractivity contribution < 1.29 is 17.9 Å². The van der Waals surface area contributed by atoms with Gasteiger partial charge in [-0.2, -0.15) is 4.98 Å². The molecule has 0 saturated heterocycles. The summed E-state index contributed by atoms with van der Waals surface area (Å²) >= 11 is 12.6. The zero-order chi connectivity index (χ0) is 18.9. The standard InChI is InChI=1S/C15H10Cl2F3N5O/c16-10-5-8(22-14-23-13(21)24-25-14)6-11(17)12(10)7-1-3-9(4-2-7)26-15(18,19)20/h1-6H,(H4,21,22,23,24,25). The van der Waals surface area contributed by atoms with Gasteiger partial charge in [0.1, 0.15) is 5.75 Å².